The first-order valence-electron chi connectivity index (χ1n) is 10.1. The fraction of sp³-hybridized carbons (Fsp3) is 0.600. The number of benzene rings is 1. The van der Waals surface area contributed by atoms with Gasteiger partial charge in [-0.3, -0.25) is 14.5 Å². The molecule has 2 heterocycles. The minimum Gasteiger partial charge on any atom is -0.379 e. The molecule has 1 aromatic carbocycles. The Morgan fingerprint density at radius 3 is 2.24 bits per heavy atom. The molecule has 160 valence electrons. The second-order valence-corrected chi connectivity index (χ2v) is 9.45. The molecule has 2 fully saturated rings. The first-order valence-corrected chi connectivity index (χ1v) is 11.8. The van der Waals surface area contributed by atoms with Crippen LogP contribution in [0.3, 0.4) is 0 Å². The predicted octanol–water partition coefficient (Wildman–Crippen LogP) is 0.487. The van der Waals surface area contributed by atoms with Gasteiger partial charge in [-0.05, 0) is 18.6 Å². The molecule has 9 heteroatoms. The van der Waals surface area contributed by atoms with Gasteiger partial charge in [-0.1, -0.05) is 19.1 Å². The van der Waals surface area contributed by atoms with E-state index in [4.69, 9.17) is 4.74 Å². The molecule has 29 heavy (non-hydrogen) atoms. The number of hydrogen-bond acceptors (Lipinski definition) is 6. The van der Waals surface area contributed by atoms with E-state index in [9.17, 15) is 18.0 Å². The van der Waals surface area contributed by atoms with Gasteiger partial charge in [0.25, 0.3) is 5.91 Å². The van der Waals surface area contributed by atoms with Gasteiger partial charge in [-0.25, -0.2) is 8.42 Å². The SMILES string of the molecule is CCCS(=O)(=O)c1ccccc1C(=O)N1CCN(C(=O)CN2CCOCC2)CC1. The lowest BCUT2D eigenvalue weighted by molar-refractivity contribution is -0.134. The highest BCUT2D eigenvalue weighted by Crippen LogP contribution is 2.20. The minimum absolute atomic E-state index is 0.0150. The third kappa shape index (κ3) is 5.34. The average Bonchev–Trinajstić information content (AvgIpc) is 2.74. The Bertz CT molecular complexity index is 828. The number of rotatable bonds is 6. The number of amides is 2. The van der Waals surface area contributed by atoms with Gasteiger partial charge in [0.15, 0.2) is 9.84 Å². The summed E-state index contributed by atoms with van der Waals surface area (Å²) < 4.78 is 30.4. The summed E-state index contributed by atoms with van der Waals surface area (Å²) in [5.74, 6) is -0.216. The quantitative estimate of drug-likeness (QED) is 0.662. The molecular formula is C20H29N3O5S. The number of piperazine rings is 1. The third-order valence-corrected chi connectivity index (χ3v) is 7.28. The molecule has 0 unspecified atom stereocenters. The molecule has 2 saturated heterocycles. The molecule has 3 rings (SSSR count). The van der Waals surface area contributed by atoms with Crippen molar-refractivity contribution in [1.29, 1.82) is 0 Å². The first kappa shape index (κ1) is 21.7. The van der Waals surface area contributed by atoms with E-state index < -0.39 is 9.84 Å². The maximum Gasteiger partial charge on any atom is 0.255 e. The monoisotopic (exact) mass is 423 g/mol. The van der Waals surface area contributed by atoms with Crippen molar-refractivity contribution in [1.82, 2.24) is 14.7 Å². The van der Waals surface area contributed by atoms with Crippen molar-refractivity contribution in [2.45, 2.75) is 18.2 Å². The molecule has 0 spiro atoms. The topological polar surface area (TPSA) is 87.2 Å². The molecule has 2 amide bonds. The smallest absolute Gasteiger partial charge is 0.255 e. The van der Waals surface area contributed by atoms with Gasteiger partial charge in [0.1, 0.15) is 0 Å². The minimum atomic E-state index is -3.49. The van der Waals surface area contributed by atoms with Gasteiger partial charge in [-0.15, -0.1) is 0 Å². The van der Waals surface area contributed by atoms with Crippen LogP contribution in [-0.2, 0) is 19.4 Å². The number of nitrogens with zero attached hydrogens (tertiary/aromatic N) is 3. The summed E-state index contributed by atoms with van der Waals surface area (Å²) in [4.78, 5) is 31.1. The highest BCUT2D eigenvalue weighted by Gasteiger charge is 2.29. The predicted molar refractivity (Wildman–Crippen MR) is 109 cm³/mol. The first-order chi connectivity index (χ1) is 13.9. The van der Waals surface area contributed by atoms with E-state index in [1.54, 1.807) is 34.9 Å². The largest absolute Gasteiger partial charge is 0.379 e. The van der Waals surface area contributed by atoms with E-state index in [1.807, 2.05) is 0 Å². The van der Waals surface area contributed by atoms with Crippen molar-refractivity contribution in [2.24, 2.45) is 0 Å². The van der Waals surface area contributed by atoms with Crippen LogP contribution in [0.5, 0.6) is 0 Å². The highest BCUT2D eigenvalue weighted by molar-refractivity contribution is 7.91. The van der Waals surface area contributed by atoms with Gasteiger partial charge >= 0.3 is 0 Å². The Morgan fingerprint density at radius 2 is 1.59 bits per heavy atom. The van der Waals surface area contributed by atoms with Crippen LogP contribution in [0.15, 0.2) is 29.2 Å². The van der Waals surface area contributed by atoms with E-state index in [1.165, 1.54) is 6.07 Å². The van der Waals surface area contributed by atoms with Crippen LogP contribution in [0.4, 0.5) is 0 Å². The van der Waals surface area contributed by atoms with Crippen LogP contribution in [0, 0.1) is 0 Å². The zero-order chi connectivity index (χ0) is 20.9. The fourth-order valence-corrected chi connectivity index (χ4v) is 5.21. The lowest BCUT2D eigenvalue weighted by atomic mass is 10.1. The Balaban J connectivity index is 1.61. The van der Waals surface area contributed by atoms with E-state index in [0.29, 0.717) is 52.4 Å². The van der Waals surface area contributed by atoms with Crippen LogP contribution in [0.25, 0.3) is 0 Å². The summed E-state index contributed by atoms with van der Waals surface area (Å²) in [5, 5.41) is 0. The Hall–Kier alpha value is -1.97. The van der Waals surface area contributed by atoms with Crippen molar-refractivity contribution in [3.05, 3.63) is 29.8 Å². The van der Waals surface area contributed by atoms with E-state index in [2.05, 4.69) is 4.90 Å². The van der Waals surface area contributed by atoms with Gasteiger partial charge < -0.3 is 14.5 Å². The van der Waals surface area contributed by atoms with Gasteiger partial charge in [0.05, 0.1) is 36.0 Å². The van der Waals surface area contributed by atoms with Crippen molar-refractivity contribution in [2.75, 3.05) is 64.8 Å². The molecule has 0 aliphatic carbocycles. The number of sulfone groups is 1. The summed E-state index contributed by atoms with van der Waals surface area (Å²) >= 11 is 0. The van der Waals surface area contributed by atoms with E-state index >= 15 is 0 Å². The van der Waals surface area contributed by atoms with Crippen molar-refractivity contribution in [3.63, 3.8) is 0 Å². The molecule has 0 bridgehead atoms. The van der Waals surface area contributed by atoms with Crippen LogP contribution in [0.1, 0.15) is 23.7 Å². The van der Waals surface area contributed by atoms with Gasteiger partial charge in [0, 0.05) is 39.3 Å². The van der Waals surface area contributed by atoms with Crippen LogP contribution in [-0.4, -0.2) is 99.7 Å². The second-order valence-electron chi connectivity index (χ2n) is 7.38. The molecule has 2 aliphatic heterocycles. The zero-order valence-electron chi connectivity index (χ0n) is 16.9. The molecule has 0 N–H and O–H groups in total. The van der Waals surface area contributed by atoms with Crippen LogP contribution < -0.4 is 0 Å². The third-order valence-electron chi connectivity index (χ3n) is 5.31. The molecule has 0 atom stereocenters. The zero-order valence-corrected chi connectivity index (χ0v) is 17.7. The fourth-order valence-electron chi connectivity index (χ4n) is 3.67. The van der Waals surface area contributed by atoms with Gasteiger partial charge in [0.2, 0.25) is 5.91 Å². The molecule has 0 aromatic heterocycles. The molecule has 2 aliphatic rings. The Labute approximate surface area is 172 Å². The summed E-state index contributed by atoms with van der Waals surface area (Å²) in [7, 11) is -3.49. The highest BCUT2D eigenvalue weighted by atomic mass is 32.2. The van der Waals surface area contributed by atoms with Crippen molar-refractivity contribution < 1.29 is 22.7 Å². The van der Waals surface area contributed by atoms with Crippen molar-refractivity contribution >= 4 is 21.7 Å². The van der Waals surface area contributed by atoms with Crippen LogP contribution in [0.2, 0.25) is 0 Å². The molecular weight excluding hydrogens is 394 g/mol. The number of hydrogen-bond donors (Lipinski definition) is 0. The van der Waals surface area contributed by atoms with Crippen LogP contribution >= 0.6 is 0 Å². The summed E-state index contributed by atoms with van der Waals surface area (Å²) in [6.07, 6.45) is 0.495. The lowest BCUT2D eigenvalue weighted by Crippen LogP contribution is -2.53. The maximum atomic E-state index is 13.0. The summed E-state index contributed by atoms with van der Waals surface area (Å²) in [6.45, 7) is 6.69. The summed E-state index contributed by atoms with van der Waals surface area (Å²) in [6, 6.07) is 6.39. The average molecular weight is 424 g/mol. The Kier molecular flexibility index (Phi) is 7.26. The Morgan fingerprint density at radius 1 is 0.966 bits per heavy atom. The lowest BCUT2D eigenvalue weighted by Gasteiger charge is -2.36. The molecule has 1 aromatic rings. The summed E-state index contributed by atoms with van der Waals surface area (Å²) in [5.41, 5.74) is 0.217. The van der Waals surface area contributed by atoms with E-state index in [-0.39, 0.29) is 28.0 Å². The maximum absolute atomic E-state index is 13.0. The molecule has 0 saturated carbocycles. The number of ether oxygens (including phenoxy) is 1. The number of carbonyl (C=O) groups excluding carboxylic acids is 2. The number of morpholine rings is 1. The molecule has 0 radical (unpaired) electrons. The standard InChI is InChI=1S/C20H29N3O5S/c1-2-15-29(26,27)18-6-4-3-5-17(18)20(25)23-9-7-22(8-10-23)19(24)16-21-11-13-28-14-12-21/h3-6H,2,7-16H2,1H3. The van der Waals surface area contributed by atoms with Crippen molar-refractivity contribution in [3.8, 4) is 0 Å². The molecule has 8 nitrogen and oxygen atoms in total. The second kappa shape index (κ2) is 9.69. The normalized spacial score (nSPS) is 18.7. The van der Waals surface area contributed by atoms with E-state index in [0.717, 1.165) is 13.1 Å². The number of carbonyl (C=O) groups is 2. The van der Waals surface area contributed by atoms with Gasteiger partial charge in [-0.2, -0.15) is 0 Å².